The van der Waals surface area contributed by atoms with Gasteiger partial charge in [-0.05, 0) is 68.5 Å². The number of halogens is 1. The maximum absolute atomic E-state index is 12.6. The molecule has 1 N–H and O–H groups in total. The lowest BCUT2D eigenvalue weighted by atomic mass is 10.1. The van der Waals surface area contributed by atoms with Gasteiger partial charge in [-0.25, -0.2) is 9.59 Å². The molecule has 32 heavy (non-hydrogen) atoms. The summed E-state index contributed by atoms with van der Waals surface area (Å²) in [6.45, 7) is 6.38. The van der Waals surface area contributed by atoms with Crippen molar-refractivity contribution < 1.29 is 24.0 Å². The summed E-state index contributed by atoms with van der Waals surface area (Å²) in [4.78, 5) is 25.7. The van der Waals surface area contributed by atoms with E-state index < -0.39 is 11.6 Å². The van der Waals surface area contributed by atoms with Crippen LogP contribution in [0.5, 0.6) is 5.75 Å². The average Bonchev–Trinajstić information content (AvgIpc) is 2.75. The minimum Gasteiger partial charge on any atom is -0.478 e. The van der Waals surface area contributed by atoms with Gasteiger partial charge in [0.1, 0.15) is 12.3 Å². The summed E-state index contributed by atoms with van der Waals surface area (Å²) in [6, 6.07) is 15.2. The molecule has 1 aliphatic rings. The molecule has 0 spiro atoms. The van der Waals surface area contributed by atoms with E-state index in [4.69, 9.17) is 16.3 Å². The largest absolute Gasteiger partial charge is 0.478 e. The van der Waals surface area contributed by atoms with E-state index >= 15 is 0 Å². The molecule has 2 aromatic rings. The number of aliphatic carboxylic acids is 1. The maximum atomic E-state index is 12.6. The van der Waals surface area contributed by atoms with Crippen molar-refractivity contribution in [1.82, 2.24) is 4.90 Å². The summed E-state index contributed by atoms with van der Waals surface area (Å²) in [7, 11) is 0. The molecule has 1 heterocycles. The van der Waals surface area contributed by atoms with Gasteiger partial charge in [0.25, 0.3) is 0 Å². The summed E-state index contributed by atoms with van der Waals surface area (Å²) in [5.74, 6) is 0.578. The Balaban J connectivity index is 1.62. The van der Waals surface area contributed by atoms with E-state index in [1.165, 1.54) is 13.8 Å². The third-order valence-corrected chi connectivity index (χ3v) is 5.67. The predicted molar refractivity (Wildman–Crippen MR) is 125 cm³/mol. The number of aryl methyl sites for hydroxylation is 1. The Bertz CT molecular complexity index is 1010. The first-order chi connectivity index (χ1) is 15.2. The van der Waals surface area contributed by atoms with Crippen LogP contribution >= 0.6 is 11.6 Å². The zero-order valence-electron chi connectivity index (χ0n) is 18.8. The van der Waals surface area contributed by atoms with Gasteiger partial charge >= 0.3 is 12.0 Å². The van der Waals surface area contributed by atoms with Crippen LogP contribution in [0.4, 0.5) is 4.79 Å². The summed E-state index contributed by atoms with van der Waals surface area (Å²) in [6.07, 6.45) is 3.46. The van der Waals surface area contributed by atoms with Crippen molar-refractivity contribution in [2.45, 2.75) is 58.6 Å². The highest BCUT2D eigenvalue weighted by Crippen LogP contribution is 2.22. The molecule has 7 heteroatoms. The summed E-state index contributed by atoms with van der Waals surface area (Å²) in [5, 5.41) is 9.86. The van der Waals surface area contributed by atoms with E-state index in [0.717, 1.165) is 49.2 Å². The van der Waals surface area contributed by atoms with Crippen molar-refractivity contribution in [1.29, 1.82) is 0 Å². The van der Waals surface area contributed by atoms with Crippen LogP contribution in [0.3, 0.4) is 0 Å². The number of benzene rings is 2. The number of carboxylic acids is 1. The normalized spacial score (nSPS) is 13.9. The lowest BCUT2D eigenvalue weighted by Crippen LogP contribution is -2.57. The molecule has 2 amide bonds. The molecule has 0 saturated heterocycles. The quantitative estimate of drug-likeness (QED) is 0.461. The van der Waals surface area contributed by atoms with Crippen molar-refractivity contribution in [3.05, 3.63) is 64.7 Å². The second kappa shape index (κ2) is 10.2. The molecule has 1 aliphatic heterocycles. The second-order valence-electron chi connectivity index (χ2n) is 8.48. The zero-order valence-corrected chi connectivity index (χ0v) is 19.6. The van der Waals surface area contributed by atoms with E-state index in [-0.39, 0.29) is 6.03 Å². The van der Waals surface area contributed by atoms with E-state index in [2.05, 4.69) is 6.92 Å². The third-order valence-electron chi connectivity index (χ3n) is 5.44. The maximum Gasteiger partial charge on any atom is 0.445 e. The Morgan fingerprint density at radius 3 is 2.47 bits per heavy atom. The standard InChI is InChI=1S/C25H29ClN2O4/c1-4-15-27-22(28(24(27)31)17-19-8-5-9-20(26)16-19)10-6-7-18-11-13-21(14-12-18)32-25(2,3)23(29)30/h5,8-9,11-14,16H,4,6-7,10,15,17H2,1-3H3/p+1. The zero-order chi connectivity index (χ0) is 23.3. The molecule has 0 unspecified atom stereocenters. The van der Waals surface area contributed by atoms with Crippen LogP contribution in [0.2, 0.25) is 5.02 Å². The highest BCUT2D eigenvalue weighted by atomic mass is 35.5. The fraction of sp³-hybridized carbons (Fsp3) is 0.400. The van der Waals surface area contributed by atoms with Crippen LogP contribution < -0.4 is 4.74 Å². The molecule has 0 radical (unpaired) electrons. The number of hydrogen-bond acceptors (Lipinski definition) is 3. The average molecular weight is 458 g/mol. The Morgan fingerprint density at radius 2 is 1.84 bits per heavy atom. The Labute approximate surface area is 194 Å². The van der Waals surface area contributed by atoms with E-state index in [9.17, 15) is 14.7 Å². The molecular formula is C25H30ClN2O4+. The number of hydrogen-bond donors (Lipinski definition) is 1. The van der Waals surface area contributed by atoms with Crippen molar-refractivity contribution >= 4 is 29.4 Å². The number of carbonyl (C=O) groups excluding carboxylic acids is 1. The molecule has 3 rings (SSSR count). The lowest BCUT2D eigenvalue weighted by Gasteiger charge is -2.31. The highest BCUT2D eigenvalue weighted by molar-refractivity contribution is 6.30. The second-order valence-corrected chi connectivity index (χ2v) is 8.92. The van der Waals surface area contributed by atoms with Crippen LogP contribution in [-0.2, 0) is 17.8 Å². The van der Waals surface area contributed by atoms with Crippen LogP contribution in [0.25, 0.3) is 0 Å². The van der Waals surface area contributed by atoms with Gasteiger partial charge in [0.2, 0.25) is 5.84 Å². The smallest absolute Gasteiger partial charge is 0.445 e. The third kappa shape index (κ3) is 5.68. The highest BCUT2D eigenvalue weighted by Gasteiger charge is 2.41. The number of carbonyl (C=O) groups is 2. The number of urea groups is 1. The fourth-order valence-electron chi connectivity index (χ4n) is 3.68. The Hall–Kier alpha value is -2.86. The van der Waals surface area contributed by atoms with Crippen molar-refractivity contribution in [3.63, 3.8) is 0 Å². The van der Waals surface area contributed by atoms with Crippen molar-refractivity contribution in [3.8, 4) is 5.75 Å². The van der Waals surface area contributed by atoms with Gasteiger partial charge < -0.3 is 9.84 Å². The van der Waals surface area contributed by atoms with E-state index in [1.54, 1.807) is 12.1 Å². The van der Waals surface area contributed by atoms with Crippen molar-refractivity contribution in [2.24, 2.45) is 0 Å². The van der Waals surface area contributed by atoms with Crippen LogP contribution in [0.1, 0.15) is 51.2 Å². The molecule has 0 aromatic heterocycles. The number of carboxylic acid groups (broad SMARTS) is 1. The first-order valence-corrected chi connectivity index (χ1v) is 11.3. The summed E-state index contributed by atoms with van der Waals surface area (Å²) < 4.78 is 7.39. The van der Waals surface area contributed by atoms with Gasteiger partial charge in [-0.3, -0.25) is 0 Å². The Kier molecular flexibility index (Phi) is 7.56. The van der Waals surface area contributed by atoms with Crippen LogP contribution in [-0.4, -0.2) is 44.6 Å². The number of nitrogens with zero attached hydrogens (tertiary/aromatic N) is 2. The van der Waals surface area contributed by atoms with Crippen molar-refractivity contribution in [2.75, 3.05) is 6.54 Å². The number of amidine groups is 1. The topological polar surface area (TPSA) is 69.8 Å². The van der Waals surface area contributed by atoms with Crippen LogP contribution in [0.15, 0.2) is 48.5 Å². The molecule has 170 valence electrons. The fourth-order valence-corrected chi connectivity index (χ4v) is 3.89. The molecule has 6 nitrogen and oxygen atoms in total. The molecular weight excluding hydrogens is 428 g/mol. The first-order valence-electron chi connectivity index (χ1n) is 10.9. The summed E-state index contributed by atoms with van der Waals surface area (Å²) >= 11 is 6.10. The minimum atomic E-state index is -1.27. The molecule has 0 bridgehead atoms. The predicted octanol–water partition coefficient (Wildman–Crippen LogP) is 5.36. The minimum absolute atomic E-state index is 0.0457. The lowest BCUT2D eigenvalue weighted by molar-refractivity contribution is -0.485. The van der Waals surface area contributed by atoms with Gasteiger partial charge in [-0.2, -0.15) is 9.48 Å². The number of amides is 2. The summed E-state index contributed by atoms with van der Waals surface area (Å²) in [5.41, 5.74) is 0.879. The Morgan fingerprint density at radius 1 is 1.12 bits per heavy atom. The van der Waals surface area contributed by atoms with E-state index in [0.29, 0.717) is 17.3 Å². The SMILES string of the molecule is CCCN1C(=O)[N+](Cc2cccc(Cl)c2)=C1CCCc1ccc(OC(C)(C)C(=O)O)cc1. The number of ether oxygens (including phenoxy) is 1. The van der Waals surface area contributed by atoms with Gasteiger partial charge in [0.05, 0.1) is 6.54 Å². The van der Waals surface area contributed by atoms with Gasteiger partial charge in [-0.1, -0.05) is 42.8 Å². The molecule has 0 fully saturated rings. The first kappa shape index (κ1) is 23.8. The molecule has 0 aliphatic carbocycles. The van der Waals surface area contributed by atoms with Crippen LogP contribution in [0, 0.1) is 0 Å². The van der Waals surface area contributed by atoms with Gasteiger partial charge in [0, 0.05) is 11.4 Å². The van der Waals surface area contributed by atoms with Gasteiger partial charge in [0.15, 0.2) is 5.60 Å². The monoisotopic (exact) mass is 457 g/mol. The molecule has 0 atom stereocenters. The van der Waals surface area contributed by atoms with E-state index in [1.807, 2.05) is 45.9 Å². The molecule has 2 aromatic carbocycles. The molecule has 0 saturated carbocycles. The van der Waals surface area contributed by atoms with Gasteiger partial charge in [-0.15, -0.1) is 0 Å². The number of rotatable bonds is 11.